The van der Waals surface area contributed by atoms with Crippen LogP contribution in [0.4, 0.5) is 0 Å². The summed E-state index contributed by atoms with van der Waals surface area (Å²) in [5.41, 5.74) is 2.61. The van der Waals surface area contributed by atoms with Crippen LogP contribution in [0.1, 0.15) is 30.9 Å². The van der Waals surface area contributed by atoms with Crippen molar-refractivity contribution in [2.45, 2.75) is 31.2 Å². The summed E-state index contributed by atoms with van der Waals surface area (Å²) in [6, 6.07) is 15.3. The standard InChI is InChI=1S/C21H28N2O3S/c1-17(2)19-6-4-18(5-7-19)16-22-12-14-23(15-13-22)27(24,25)21-10-8-20(26-3)9-11-21/h4-11,17H,12-16H2,1-3H3. The van der Waals surface area contributed by atoms with Gasteiger partial charge in [0.05, 0.1) is 12.0 Å². The highest BCUT2D eigenvalue weighted by atomic mass is 32.2. The van der Waals surface area contributed by atoms with Gasteiger partial charge >= 0.3 is 0 Å². The molecular formula is C21H28N2O3S. The number of methoxy groups -OCH3 is 1. The summed E-state index contributed by atoms with van der Waals surface area (Å²) in [5.74, 6) is 1.19. The van der Waals surface area contributed by atoms with Gasteiger partial charge in [-0.15, -0.1) is 0 Å². The summed E-state index contributed by atoms with van der Waals surface area (Å²) in [6.07, 6.45) is 0. The molecule has 2 aromatic rings. The number of hydrogen-bond acceptors (Lipinski definition) is 4. The molecule has 1 heterocycles. The van der Waals surface area contributed by atoms with Gasteiger partial charge in [0, 0.05) is 32.7 Å². The Balaban J connectivity index is 1.59. The van der Waals surface area contributed by atoms with E-state index in [-0.39, 0.29) is 0 Å². The number of nitrogens with zero attached hydrogens (tertiary/aromatic N) is 2. The van der Waals surface area contributed by atoms with E-state index in [4.69, 9.17) is 4.74 Å². The lowest BCUT2D eigenvalue weighted by molar-refractivity contribution is 0.181. The summed E-state index contributed by atoms with van der Waals surface area (Å²) >= 11 is 0. The molecule has 6 heteroatoms. The molecule has 0 aromatic heterocycles. The van der Waals surface area contributed by atoms with E-state index < -0.39 is 10.0 Å². The number of hydrogen-bond donors (Lipinski definition) is 0. The Bertz CT molecular complexity index is 838. The molecule has 1 fully saturated rings. The first kappa shape index (κ1) is 19.9. The second-order valence-electron chi connectivity index (χ2n) is 7.25. The smallest absolute Gasteiger partial charge is 0.243 e. The largest absolute Gasteiger partial charge is 0.497 e. The summed E-state index contributed by atoms with van der Waals surface area (Å²) in [7, 11) is -1.88. The zero-order valence-electron chi connectivity index (χ0n) is 16.3. The third-order valence-corrected chi connectivity index (χ3v) is 6.99. The Kier molecular flexibility index (Phi) is 6.19. The average Bonchev–Trinajstić information content (AvgIpc) is 2.69. The van der Waals surface area contributed by atoms with Gasteiger partial charge in [-0.2, -0.15) is 4.31 Å². The highest BCUT2D eigenvalue weighted by molar-refractivity contribution is 7.89. The normalized spacial score (nSPS) is 16.6. The fourth-order valence-electron chi connectivity index (χ4n) is 3.29. The van der Waals surface area contributed by atoms with Crippen LogP contribution in [-0.4, -0.2) is 50.9 Å². The zero-order valence-corrected chi connectivity index (χ0v) is 17.1. The summed E-state index contributed by atoms with van der Waals surface area (Å²) in [4.78, 5) is 2.63. The Morgan fingerprint density at radius 1 is 0.926 bits per heavy atom. The molecule has 0 spiro atoms. The summed E-state index contributed by atoms with van der Waals surface area (Å²) in [6.45, 7) is 7.74. The molecule has 0 bridgehead atoms. The fourth-order valence-corrected chi connectivity index (χ4v) is 4.71. The quantitative estimate of drug-likeness (QED) is 0.762. The van der Waals surface area contributed by atoms with Crippen LogP contribution in [0.2, 0.25) is 0 Å². The Morgan fingerprint density at radius 2 is 1.52 bits per heavy atom. The van der Waals surface area contributed by atoms with E-state index in [0.717, 1.165) is 19.6 Å². The third-order valence-electron chi connectivity index (χ3n) is 5.08. The van der Waals surface area contributed by atoms with Gasteiger partial charge in [-0.05, 0) is 41.3 Å². The van der Waals surface area contributed by atoms with Gasteiger partial charge in [0.1, 0.15) is 5.75 Å². The number of piperazine rings is 1. The first-order valence-corrected chi connectivity index (χ1v) is 10.8. The van der Waals surface area contributed by atoms with Crippen molar-refractivity contribution in [3.8, 4) is 5.75 Å². The topological polar surface area (TPSA) is 49.9 Å². The predicted octanol–water partition coefficient (Wildman–Crippen LogP) is 3.33. The van der Waals surface area contributed by atoms with Crippen molar-refractivity contribution >= 4 is 10.0 Å². The number of benzene rings is 2. The second-order valence-corrected chi connectivity index (χ2v) is 9.19. The van der Waals surface area contributed by atoms with Gasteiger partial charge in [-0.25, -0.2) is 8.42 Å². The van der Waals surface area contributed by atoms with Gasteiger partial charge in [0.2, 0.25) is 10.0 Å². The molecule has 27 heavy (non-hydrogen) atoms. The van der Waals surface area contributed by atoms with E-state index in [2.05, 4.69) is 43.0 Å². The number of ether oxygens (including phenoxy) is 1. The van der Waals surface area contributed by atoms with Crippen LogP contribution in [0.25, 0.3) is 0 Å². The van der Waals surface area contributed by atoms with Crippen molar-refractivity contribution in [3.63, 3.8) is 0 Å². The fraction of sp³-hybridized carbons (Fsp3) is 0.429. The minimum Gasteiger partial charge on any atom is -0.497 e. The molecule has 1 aliphatic rings. The molecule has 0 N–H and O–H groups in total. The van der Waals surface area contributed by atoms with Crippen molar-refractivity contribution < 1.29 is 13.2 Å². The monoisotopic (exact) mass is 388 g/mol. The third kappa shape index (κ3) is 4.69. The minimum atomic E-state index is -3.45. The lowest BCUT2D eigenvalue weighted by Crippen LogP contribution is -2.48. The summed E-state index contributed by atoms with van der Waals surface area (Å²) in [5, 5.41) is 0. The Hall–Kier alpha value is -1.89. The van der Waals surface area contributed by atoms with Crippen LogP contribution in [0.15, 0.2) is 53.4 Å². The van der Waals surface area contributed by atoms with Crippen molar-refractivity contribution in [1.29, 1.82) is 0 Å². The molecular weight excluding hydrogens is 360 g/mol. The van der Waals surface area contributed by atoms with Crippen molar-refractivity contribution in [2.75, 3.05) is 33.3 Å². The maximum atomic E-state index is 12.8. The average molecular weight is 389 g/mol. The Morgan fingerprint density at radius 3 is 2.04 bits per heavy atom. The molecule has 1 saturated heterocycles. The molecule has 0 unspecified atom stereocenters. The van der Waals surface area contributed by atoms with E-state index in [1.54, 1.807) is 35.7 Å². The van der Waals surface area contributed by atoms with Gasteiger partial charge in [0.15, 0.2) is 0 Å². The van der Waals surface area contributed by atoms with Crippen LogP contribution in [-0.2, 0) is 16.6 Å². The first-order chi connectivity index (χ1) is 12.9. The molecule has 0 atom stereocenters. The maximum Gasteiger partial charge on any atom is 0.243 e. The Labute approximate surface area is 162 Å². The van der Waals surface area contributed by atoms with Gasteiger partial charge < -0.3 is 4.74 Å². The van der Waals surface area contributed by atoms with Gasteiger partial charge in [-0.3, -0.25) is 4.90 Å². The van der Waals surface area contributed by atoms with Crippen molar-refractivity contribution in [3.05, 3.63) is 59.7 Å². The van der Waals surface area contributed by atoms with Crippen LogP contribution in [0.5, 0.6) is 5.75 Å². The highest BCUT2D eigenvalue weighted by Crippen LogP contribution is 2.21. The van der Waals surface area contributed by atoms with E-state index in [1.165, 1.54) is 11.1 Å². The molecule has 0 saturated carbocycles. The number of sulfonamides is 1. The molecule has 5 nitrogen and oxygen atoms in total. The molecule has 1 aliphatic heterocycles. The van der Waals surface area contributed by atoms with Crippen LogP contribution in [0.3, 0.4) is 0 Å². The molecule has 2 aromatic carbocycles. The van der Waals surface area contributed by atoms with Crippen molar-refractivity contribution in [2.24, 2.45) is 0 Å². The lowest BCUT2D eigenvalue weighted by atomic mass is 10.0. The van der Waals surface area contributed by atoms with E-state index in [0.29, 0.717) is 29.7 Å². The maximum absolute atomic E-state index is 12.8. The second kappa shape index (κ2) is 8.42. The van der Waals surface area contributed by atoms with E-state index >= 15 is 0 Å². The van der Waals surface area contributed by atoms with Gasteiger partial charge in [0.25, 0.3) is 0 Å². The highest BCUT2D eigenvalue weighted by Gasteiger charge is 2.28. The van der Waals surface area contributed by atoms with Crippen LogP contribution in [0, 0.1) is 0 Å². The zero-order chi connectivity index (χ0) is 19.4. The van der Waals surface area contributed by atoms with E-state index in [1.807, 2.05) is 0 Å². The molecule has 0 amide bonds. The number of rotatable bonds is 6. The molecule has 146 valence electrons. The predicted molar refractivity (Wildman–Crippen MR) is 108 cm³/mol. The molecule has 3 rings (SSSR count). The SMILES string of the molecule is COc1ccc(S(=O)(=O)N2CCN(Cc3ccc(C(C)C)cc3)CC2)cc1. The molecule has 0 aliphatic carbocycles. The van der Waals surface area contributed by atoms with Crippen molar-refractivity contribution in [1.82, 2.24) is 9.21 Å². The first-order valence-electron chi connectivity index (χ1n) is 9.35. The van der Waals surface area contributed by atoms with Crippen LogP contribution >= 0.6 is 0 Å². The lowest BCUT2D eigenvalue weighted by Gasteiger charge is -2.34. The van der Waals surface area contributed by atoms with Gasteiger partial charge in [-0.1, -0.05) is 38.1 Å². The van der Waals surface area contributed by atoms with Crippen LogP contribution < -0.4 is 4.74 Å². The molecule has 0 radical (unpaired) electrons. The summed E-state index contributed by atoms with van der Waals surface area (Å²) < 4.78 is 32.3. The minimum absolute atomic E-state index is 0.320. The van der Waals surface area contributed by atoms with E-state index in [9.17, 15) is 8.42 Å².